The van der Waals surface area contributed by atoms with Gasteiger partial charge in [0.25, 0.3) is 0 Å². The normalized spacial score (nSPS) is 17.2. The van der Waals surface area contributed by atoms with E-state index in [-0.39, 0.29) is 5.82 Å². The third kappa shape index (κ3) is 5.42. The fourth-order valence-electron chi connectivity index (χ4n) is 3.11. The van der Waals surface area contributed by atoms with Crippen LogP contribution in [0.2, 0.25) is 5.02 Å². The molecule has 1 saturated heterocycles. The fourth-order valence-corrected chi connectivity index (χ4v) is 3.23. The molecular weight excluding hydrogens is 355 g/mol. The van der Waals surface area contributed by atoms with Gasteiger partial charge in [0.1, 0.15) is 18.2 Å². The second kappa shape index (κ2) is 9.33. The van der Waals surface area contributed by atoms with E-state index in [1.54, 1.807) is 18.2 Å². The third-order valence-electron chi connectivity index (χ3n) is 4.65. The van der Waals surface area contributed by atoms with Gasteiger partial charge in [-0.25, -0.2) is 4.39 Å². The van der Waals surface area contributed by atoms with Crippen LogP contribution >= 0.6 is 11.6 Å². The molecule has 0 aromatic heterocycles. The maximum atomic E-state index is 13.7. The standard InChI is InChI=1S/C20H24ClFN2O2/c21-16-5-7-17(8-6-16)26-14-13-23-9-11-24(12-10-23)15-20(25)18-3-1-2-4-19(18)22/h1-8,20,25H,9-15H2/t20-/m1/s1. The van der Waals surface area contributed by atoms with Crippen LogP contribution in [-0.4, -0.2) is 60.8 Å². The molecule has 2 aromatic carbocycles. The van der Waals surface area contributed by atoms with Crippen molar-refractivity contribution in [2.75, 3.05) is 45.9 Å². The summed E-state index contributed by atoms with van der Waals surface area (Å²) in [5.74, 6) is 0.471. The molecule has 26 heavy (non-hydrogen) atoms. The molecule has 1 heterocycles. The topological polar surface area (TPSA) is 35.9 Å². The molecule has 0 bridgehead atoms. The minimum Gasteiger partial charge on any atom is -0.492 e. The highest BCUT2D eigenvalue weighted by Gasteiger charge is 2.21. The van der Waals surface area contributed by atoms with Crippen LogP contribution in [0.25, 0.3) is 0 Å². The Morgan fingerprint density at radius 3 is 2.35 bits per heavy atom. The largest absolute Gasteiger partial charge is 0.492 e. The molecule has 0 saturated carbocycles. The van der Waals surface area contributed by atoms with Crippen molar-refractivity contribution in [3.8, 4) is 5.75 Å². The second-order valence-corrected chi connectivity index (χ2v) is 6.92. The van der Waals surface area contributed by atoms with Crippen molar-refractivity contribution in [3.05, 3.63) is 64.9 Å². The van der Waals surface area contributed by atoms with E-state index in [1.807, 2.05) is 24.3 Å². The highest BCUT2D eigenvalue weighted by atomic mass is 35.5. The van der Waals surface area contributed by atoms with E-state index in [0.29, 0.717) is 23.7 Å². The third-order valence-corrected chi connectivity index (χ3v) is 4.90. The van der Waals surface area contributed by atoms with Crippen LogP contribution < -0.4 is 4.74 Å². The van der Waals surface area contributed by atoms with Crippen molar-refractivity contribution in [3.63, 3.8) is 0 Å². The van der Waals surface area contributed by atoms with Gasteiger partial charge in [0.05, 0.1) is 6.10 Å². The molecule has 0 radical (unpaired) electrons. The Morgan fingerprint density at radius 2 is 1.65 bits per heavy atom. The van der Waals surface area contributed by atoms with Crippen molar-refractivity contribution in [1.29, 1.82) is 0 Å². The molecule has 1 fully saturated rings. The highest BCUT2D eigenvalue weighted by Crippen LogP contribution is 2.19. The first-order valence-electron chi connectivity index (χ1n) is 8.87. The van der Waals surface area contributed by atoms with Gasteiger partial charge in [-0.05, 0) is 30.3 Å². The lowest BCUT2D eigenvalue weighted by molar-refractivity contribution is 0.0661. The zero-order valence-corrected chi connectivity index (χ0v) is 15.4. The Hall–Kier alpha value is -1.66. The van der Waals surface area contributed by atoms with Crippen LogP contribution in [-0.2, 0) is 0 Å². The van der Waals surface area contributed by atoms with E-state index >= 15 is 0 Å². The van der Waals surface area contributed by atoms with Crippen LogP contribution in [0.5, 0.6) is 5.75 Å². The predicted molar refractivity (Wildman–Crippen MR) is 101 cm³/mol. The van der Waals surface area contributed by atoms with Crippen LogP contribution in [0.15, 0.2) is 48.5 Å². The summed E-state index contributed by atoms with van der Waals surface area (Å²) in [6, 6.07) is 13.8. The first-order chi connectivity index (χ1) is 12.6. The molecule has 1 aliphatic rings. The summed E-state index contributed by atoms with van der Waals surface area (Å²) in [4.78, 5) is 4.51. The number of nitrogens with zero attached hydrogens (tertiary/aromatic N) is 2. The lowest BCUT2D eigenvalue weighted by Crippen LogP contribution is -2.48. The number of benzene rings is 2. The molecule has 4 nitrogen and oxygen atoms in total. The Labute approximate surface area is 158 Å². The summed E-state index contributed by atoms with van der Waals surface area (Å²) in [7, 11) is 0. The van der Waals surface area contributed by atoms with Gasteiger partial charge in [0, 0.05) is 49.9 Å². The van der Waals surface area contributed by atoms with Gasteiger partial charge in [0.2, 0.25) is 0 Å². The zero-order chi connectivity index (χ0) is 18.4. The zero-order valence-electron chi connectivity index (χ0n) is 14.7. The molecule has 140 valence electrons. The van der Waals surface area contributed by atoms with Crippen LogP contribution in [0.4, 0.5) is 4.39 Å². The quantitative estimate of drug-likeness (QED) is 0.802. The Kier molecular flexibility index (Phi) is 6.86. The average molecular weight is 379 g/mol. The predicted octanol–water partition coefficient (Wildman–Crippen LogP) is 3.21. The average Bonchev–Trinajstić information content (AvgIpc) is 2.65. The fraction of sp³-hybridized carbons (Fsp3) is 0.400. The highest BCUT2D eigenvalue weighted by molar-refractivity contribution is 6.30. The smallest absolute Gasteiger partial charge is 0.129 e. The molecular formula is C20H24ClFN2O2. The summed E-state index contributed by atoms with van der Waals surface area (Å²) in [5, 5.41) is 11.0. The number of ether oxygens (including phenoxy) is 1. The van der Waals surface area contributed by atoms with Crippen molar-refractivity contribution in [1.82, 2.24) is 9.80 Å². The van der Waals surface area contributed by atoms with Gasteiger partial charge in [-0.2, -0.15) is 0 Å². The number of hydrogen-bond donors (Lipinski definition) is 1. The maximum absolute atomic E-state index is 13.7. The van der Waals surface area contributed by atoms with Crippen LogP contribution in [0.3, 0.4) is 0 Å². The molecule has 0 aliphatic carbocycles. The number of aliphatic hydroxyl groups is 1. The maximum Gasteiger partial charge on any atom is 0.129 e. The minimum absolute atomic E-state index is 0.349. The van der Waals surface area contributed by atoms with Gasteiger partial charge in [-0.1, -0.05) is 29.8 Å². The number of aliphatic hydroxyl groups excluding tert-OH is 1. The monoisotopic (exact) mass is 378 g/mol. The van der Waals surface area contributed by atoms with E-state index in [2.05, 4.69) is 9.80 Å². The van der Waals surface area contributed by atoms with Gasteiger partial charge in [-0.15, -0.1) is 0 Å². The van der Waals surface area contributed by atoms with E-state index < -0.39 is 6.10 Å². The van der Waals surface area contributed by atoms with Crippen molar-refractivity contribution in [2.45, 2.75) is 6.10 Å². The Bertz CT molecular complexity index is 690. The molecule has 0 unspecified atom stereocenters. The first kappa shape index (κ1) is 19.1. The van der Waals surface area contributed by atoms with Gasteiger partial charge < -0.3 is 9.84 Å². The Morgan fingerprint density at radius 1 is 1.00 bits per heavy atom. The van der Waals surface area contributed by atoms with E-state index in [0.717, 1.165) is 38.5 Å². The summed E-state index contributed by atoms with van der Waals surface area (Å²) in [6.45, 7) is 5.46. The van der Waals surface area contributed by atoms with Crippen LogP contribution in [0, 0.1) is 5.82 Å². The minimum atomic E-state index is -0.795. The molecule has 3 rings (SSSR count). The molecule has 0 spiro atoms. The summed E-state index contributed by atoms with van der Waals surface area (Å²) >= 11 is 5.86. The molecule has 1 atom stereocenters. The number of β-amino-alcohol motifs (C(OH)–C–C–N with tert-alkyl or cyclic N) is 1. The van der Waals surface area contributed by atoms with Crippen molar-refractivity contribution < 1.29 is 14.2 Å². The Balaban J connectivity index is 1.37. The van der Waals surface area contributed by atoms with Gasteiger partial charge >= 0.3 is 0 Å². The first-order valence-corrected chi connectivity index (χ1v) is 9.25. The molecule has 1 N–H and O–H groups in total. The number of halogens is 2. The summed E-state index contributed by atoms with van der Waals surface area (Å²) < 4.78 is 19.5. The van der Waals surface area contributed by atoms with E-state index in [1.165, 1.54) is 6.07 Å². The number of hydrogen-bond acceptors (Lipinski definition) is 4. The SMILES string of the molecule is O[C@H](CN1CCN(CCOc2ccc(Cl)cc2)CC1)c1ccccc1F. The van der Waals surface area contributed by atoms with Crippen molar-refractivity contribution in [2.24, 2.45) is 0 Å². The molecule has 0 amide bonds. The lowest BCUT2D eigenvalue weighted by atomic mass is 10.1. The molecule has 2 aromatic rings. The van der Waals surface area contributed by atoms with Gasteiger partial charge in [-0.3, -0.25) is 9.80 Å². The number of piperazine rings is 1. The van der Waals surface area contributed by atoms with E-state index in [9.17, 15) is 9.50 Å². The summed E-state index contributed by atoms with van der Waals surface area (Å²) in [5.41, 5.74) is 0.367. The second-order valence-electron chi connectivity index (χ2n) is 6.48. The molecule has 6 heteroatoms. The van der Waals surface area contributed by atoms with Crippen LogP contribution in [0.1, 0.15) is 11.7 Å². The van der Waals surface area contributed by atoms with Crippen molar-refractivity contribution >= 4 is 11.6 Å². The van der Waals surface area contributed by atoms with E-state index in [4.69, 9.17) is 16.3 Å². The number of rotatable bonds is 7. The summed E-state index contributed by atoms with van der Waals surface area (Å²) in [6.07, 6.45) is -0.795. The molecule has 1 aliphatic heterocycles. The lowest BCUT2D eigenvalue weighted by Gasteiger charge is -2.35. The van der Waals surface area contributed by atoms with Gasteiger partial charge in [0.15, 0.2) is 0 Å².